The molecule has 5 heteroatoms. The zero-order valence-corrected chi connectivity index (χ0v) is 15.7. The zero-order valence-electron chi connectivity index (χ0n) is 15.7. The minimum Gasteiger partial charge on any atom is -0.399 e. The molecular weight excluding hydrogens is 343 g/mol. The fourth-order valence-electron chi connectivity index (χ4n) is 3.65. The minimum atomic E-state index is -0.771. The van der Waals surface area contributed by atoms with Crippen LogP contribution in [0.25, 0.3) is 0 Å². The molecule has 0 aromatic heterocycles. The number of ketones is 1. The van der Waals surface area contributed by atoms with E-state index >= 15 is 0 Å². The average Bonchev–Trinajstić information content (AvgIpc) is 2.64. The van der Waals surface area contributed by atoms with E-state index < -0.39 is 11.4 Å². The molecule has 1 aliphatic rings. The number of anilines is 1. The van der Waals surface area contributed by atoms with Crippen molar-refractivity contribution < 1.29 is 14.3 Å². The molecule has 0 amide bonds. The van der Waals surface area contributed by atoms with Gasteiger partial charge in [0.05, 0.1) is 11.2 Å². The Balaban J connectivity index is 1.47. The van der Waals surface area contributed by atoms with Gasteiger partial charge >= 0.3 is 0 Å². The van der Waals surface area contributed by atoms with Gasteiger partial charge in [0.25, 0.3) is 0 Å². The first-order valence-electron chi connectivity index (χ1n) is 9.47. The summed E-state index contributed by atoms with van der Waals surface area (Å²) in [5.74, 6) is -0.748. The lowest BCUT2D eigenvalue weighted by atomic mass is 9.84. The number of Topliss-reactive ketones (excluding diaryl/α,β-unsaturated/α-hetero) is 1. The van der Waals surface area contributed by atoms with Crippen LogP contribution in [0, 0.1) is 12.7 Å². The van der Waals surface area contributed by atoms with Crippen LogP contribution < -0.4 is 5.73 Å². The lowest BCUT2D eigenvalue weighted by Gasteiger charge is -2.38. The third kappa shape index (κ3) is 4.73. The highest BCUT2D eigenvalue weighted by atomic mass is 19.1. The maximum Gasteiger partial charge on any atom is 0.165 e. The van der Waals surface area contributed by atoms with Crippen molar-refractivity contribution in [1.82, 2.24) is 4.90 Å². The number of rotatable bonds is 6. The molecule has 1 saturated heterocycles. The molecule has 1 aliphatic heterocycles. The van der Waals surface area contributed by atoms with Crippen LogP contribution in [0.5, 0.6) is 0 Å². The number of halogens is 1. The third-order valence-corrected chi connectivity index (χ3v) is 5.44. The number of nitrogens with zero attached hydrogens (tertiary/aromatic N) is 1. The topological polar surface area (TPSA) is 66.6 Å². The van der Waals surface area contributed by atoms with Gasteiger partial charge in [-0.05, 0) is 56.5 Å². The zero-order chi connectivity index (χ0) is 19.4. The van der Waals surface area contributed by atoms with Gasteiger partial charge < -0.3 is 15.7 Å². The van der Waals surface area contributed by atoms with Crippen molar-refractivity contribution in [3.63, 3.8) is 0 Å². The summed E-state index contributed by atoms with van der Waals surface area (Å²) in [7, 11) is 0. The summed E-state index contributed by atoms with van der Waals surface area (Å²) in [4.78, 5) is 14.5. The first-order chi connectivity index (χ1) is 12.9. The average molecular weight is 370 g/mol. The SMILES string of the molecule is Cc1ccc(C2(O)CCN(CCCC(=O)c3ccc(N)cc3F)CC2)cc1. The molecule has 0 saturated carbocycles. The molecule has 2 aromatic carbocycles. The molecule has 0 unspecified atom stereocenters. The highest BCUT2D eigenvalue weighted by molar-refractivity contribution is 5.96. The predicted octanol–water partition coefficient (Wildman–Crippen LogP) is 3.66. The van der Waals surface area contributed by atoms with E-state index in [9.17, 15) is 14.3 Å². The predicted molar refractivity (Wildman–Crippen MR) is 105 cm³/mol. The Morgan fingerprint density at radius 3 is 2.48 bits per heavy atom. The number of aryl methyl sites for hydroxylation is 1. The molecule has 27 heavy (non-hydrogen) atoms. The monoisotopic (exact) mass is 370 g/mol. The molecule has 2 aromatic rings. The Labute approximate surface area is 159 Å². The second-order valence-electron chi connectivity index (χ2n) is 7.51. The van der Waals surface area contributed by atoms with E-state index in [1.165, 1.54) is 17.7 Å². The van der Waals surface area contributed by atoms with E-state index in [-0.39, 0.29) is 11.3 Å². The largest absolute Gasteiger partial charge is 0.399 e. The molecule has 0 atom stereocenters. The molecule has 1 heterocycles. The van der Waals surface area contributed by atoms with Crippen molar-refractivity contribution in [3.05, 3.63) is 65.0 Å². The maximum atomic E-state index is 13.8. The van der Waals surface area contributed by atoms with Gasteiger partial charge in [-0.1, -0.05) is 29.8 Å². The second-order valence-corrected chi connectivity index (χ2v) is 7.51. The quantitative estimate of drug-likeness (QED) is 0.602. The Morgan fingerprint density at radius 1 is 1.19 bits per heavy atom. The van der Waals surface area contributed by atoms with Gasteiger partial charge in [0, 0.05) is 25.2 Å². The first-order valence-corrected chi connectivity index (χ1v) is 9.47. The van der Waals surface area contributed by atoms with Crippen LogP contribution in [0.15, 0.2) is 42.5 Å². The third-order valence-electron chi connectivity index (χ3n) is 5.44. The summed E-state index contributed by atoms with van der Waals surface area (Å²) in [6.45, 7) is 4.38. The van der Waals surface area contributed by atoms with Crippen molar-refractivity contribution >= 4 is 11.5 Å². The molecule has 0 bridgehead atoms. The van der Waals surface area contributed by atoms with Crippen LogP contribution in [0.1, 0.15) is 47.2 Å². The standard InChI is InChI=1S/C22H27FN2O2/c1-16-4-6-17(7-5-16)22(27)10-13-25(14-11-22)12-2-3-21(26)19-9-8-18(24)15-20(19)23/h4-9,15,27H,2-3,10-14,24H2,1H3. The lowest BCUT2D eigenvalue weighted by Crippen LogP contribution is -2.42. The van der Waals surface area contributed by atoms with E-state index in [4.69, 9.17) is 5.73 Å². The highest BCUT2D eigenvalue weighted by Gasteiger charge is 2.33. The van der Waals surface area contributed by atoms with Crippen molar-refractivity contribution in [2.45, 2.75) is 38.2 Å². The fraction of sp³-hybridized carbons (Fsp3) is 0.409. The van der Waals surface area contributed by atoms with Gasteiger partial charge in [-0.3, -0.25) is 4.79 Å². The molecule has 144 valence electrons. The number of piperidine rings is 1. The Kier molecular flexibility index (Phi) is 5.92. The summed E-state index contributed by atoms with van der Waals surface area (Å²) in [6.07, 6.45) is 2.33. The van der Waals surface area contributed by atoms with Crippen LogP contribution in [0.4, 0.5) is 10.1 Å². The summed E-state index contributed by atoms with van der Waals surface area (Å²) in [5.41, 5.74) is 7.33. The maximum absolute atomic E-state index is 13.8. The second kappa shape index (κ2) is 8.19. The van der Waals surface area contributed by atoms with Crippen LogP contribution in [0.2, 0.25) is 0 Å². The van der Waals surface area contributed by atoms with Gasteiger partial charge in [0.1, 0.15) is 5.82 Å². The van der Waals surface area contributed by atoms with E-state index in [2.05, 4.69) is 4.90 Å². The van der Waals surface area contributed by atoms with Crippen LogP contribution in [-0.2, 0) is 5.60 Å². The smallest absolute Gasteiger partial charge is 0.165 e. The molecule has 4 nitrogen and oxygen atoms in total. The molecule has 1 fully saturated rings. The van der Waals surface area contributed by atoms with E-state index in [1.807, 2.05) is 31.2 Å². The Bertz CT molecular complexity index is 796. The number of hydrogen-bond donors (Lipinski definition) is 2. The number of nitrogen functional groups attached to an aromatic ring is 1. The summed E-state index contributed by atoms with van der Waals surface area (Å²) in [6, 6.07) is 12.3. The van der Waals surface area contributed by atoms with E-state index in [0.29, 0.717) is 31.4 Å². The number of nitrogens with two attached hydrogens (primary N) is 1. The van der Waals surface area contributed by atoms with Crippen LogP contribution in [-0.4, -0.2) is 35.4 Å². The summed E-state index contributed by atoms with van der Waals surface area (Å²) >= 11 is 0. The molecule has 0 spiro atoms. The first kappa shape index (κ1) is 19.5. The normalized spacial score (nSPS) is 17.0. The van der Waals surface area contributed by atoms with Gasteiger partial charge in [-0.25, -0.2) is 4.39 Å². The van der Waals surface area contributed by atoms with Gasteiger partial charge in [0.15, 0.2) is 5.78 Å². The van der Waals surface area contributed by atoms with Crippen LogP contribution >= 0.6 is 0 Å². The van der Waals surface area contributed by atoms with Gasteiger partial charge in [-0.15, -0.1) is 0 Å². The summed E-state index contributed by atoms with van der Waals surface area (Å²) < 4.78 is 13.8. The number of likely N-dealkylation sites (tertiary alicyclic amines) is 1. The Hall–Kier alpha value is -2.24. The lowest BCUT2D eigenvalue weighted by molar-refractivity contribution is -0.0260. The van der Waals surface area contributed by atoms with Crippen molar-refractivity contribution in [1.29, 1.82) is 0 Å². The number of carbonyl (C=O) groups excluding carboxylic acids is 1. The van der Waals surface area contributed by atoms with Crippen molar-refractivity contribution in [3.8, 4) is 0 Å². The molecule has 0 aliphatic carbocycles. The van der Waals surface area contributed by atoms with Gasteiger partial charge in [0.2, 0.25) is 0 Å². The number of aliphatic hydroxyl groups is 1. The number of benzene rings is 2. The number of carbonyl (C=O) groups is 1. The van der Waals surface area contributed by atoms with Crippen LogP contribution in [0.3, 0.4) is 0 Å². The molecule has 0 radical (unpaired) electrons. The molecule has 3 rings (SSSR count). The minimum absolute atomic E-state index is 0.108. The van der Waals surface area contributed by atoms with E-state index in [0.717, 1.165) is 25.2 Å². The molecule has 3 N–H and O–H groups in total. The van der Waals surface area contributed by atoms with Gasteiger partial charge in [-0.2, -0.15) is 0 Å². The molecular formula is C22H27FN2O2. The highest BCUT2D eigenvalue weighted by Crippen LogP contribution is 2.33. The summed E-state index contributed by atoms with van der Waals surface area (Å²) in [5, 5.41) is 10.9. The van der Waals surface area contributed by atoms with Crippen molar-refractivity contribution in [2.24, 2.45) is 0 Å². The Morgan fingerprint density at radius 2 is 1.85 bits per heavy atom. The van der Waals surface area contributed by atoms with E-state index in [1.54, 1.807) is 6.07 Å². The fourth-order valence-corrected chi connectivity index (χ4v) is 3.65. The van der Waals surface area contributed by atoms with Crippen molar-refractivity contribution in [2.75, 3.05) is 25.4 Å². The number of hydrogen-bond acceptors (Lipinski definition) is 4.